The maximum Gasteiger partial charge on any atom is 0.261 e. The molecule has 3 heterocycles. The Labute approximate surface area is 234 Å². The number of aromatic amines is 1. The SMILES string of the molecule is Cc1[nH]c(/C=C2\C(=O)N(C)c3ccc(S(=O)(=O)Nc4cccc(Cl)c4)cc32)c(C)c1CCCN1CCOCC1. The number of amides is 1. The van der Waals surface area contributed by atoms with E-state index in [0.717, 1.165) is 62.6 Å². The summed E-state index contributed by atoms with van der Waals surface area (Å²) in [5, 5.41) is 0.429. The van der Waals surface area contributed by atoms with Gasteiger partial charge in [0.15, 0.2) is 0 Å². The average molecular weight is 569 g/mol. The largest absolute Gasteiger partial charge is 0.379 e. The van der Waals surface area contributed by atoms with Gasteiger partial charge in [0.1, 0.15) is 0 Å². The first kappa shape index (κ1) is 27.5. The predicted molar refractivity (Wildman–Crippen MR) is 156 cm³/mol. The van der Waals surface area contributed by atoms with Crippen LogP contribution in [0.25, 0.3) is 11.6 Å². The zero-order valence-electron chi connectivity index (χ0n) is 22.4. The Kier molecular flexibility index (Phi) is 7.87. The molecule has 0 radical (unpaired) electrons. The minimum Gasteiger partial charge on any atom is -0.379 e. The number of halogens is 1. The van der Waals surface area contributed by atoms with Crippen molar-refractivity contribution in [3.63, 3.8) is 0 Å². The third-order valence-electron chi connectivity index (χ3n) is 7.47. The summed E-state index contributed by atoms with van der Waals surface area (Å²) >= 11 is 6.02. The molecule has 0 aliphatic carbocycles. The molecule has 0 bridgehead atoms. The monoisotopic (exact) mass is 568 g/mol. The second-order valence-corrected chi connectivity index (χ2v) is 12.2. The number of H-pyrrole nitrogens is 1. The van der Waals surface area contributed by atoms with Gasteiger partial charge >= 0.3 is 0 Å². The molecule has 2 aliphatic rings. The van der Waals surface area contributed by atoms with Gasteiger partial charge in [-0.15, -0.1) is 0 Å². The second-order valence-electron chi connectivity index (χ2n) is 10.0. The lowest BCUT2D eigenvalue weighted by Crippen LogP contribution is -2.36. The van der Waals surface area contributed by atoms with Crippen molar-refractivity contribution >= 4 is 50.6 Å². The molecular formula is C29H33ClN4O4S. The number of hydrogen-bond donors (Lipinski definition) is 2. The predicted octanol–water partition coefficient (Wildman–Crippen LogP) is 4.87. The fraction of sp³-hybridized carbons (Fsp3) is 0.345. The van der Waals surface area contributed by atoms with Crippen LogP contribution in [-0.2, 0) is 26.0 Å². The normalized spacial score (nSPS) is 17.2. The van der Waals surface area contributed by atoms with Crippen LogP contribution in [0.15, 0.2) is 47.4 Å². The third kappa shape index (κ3) is 5.77. The number of aryl methyl sites for hydroxylation is 1. The van der Waals surface area contributed by atoms with E-state index in [9.17, 15) is 13.2 Å². The van der Waals surface area contributed by atoms with Crippen LogP contribution < -0.4 is 9.62 Å². The highest BCUT2D eigenvalue weighted by Gasteiger charge is 2.32. The number of benzene rings is 2. The summed E-state index contributed by atoms with van der Waals surface area (Å²) in [6, 6.07) is 11.3. The molecule has 1 aromatic heterocycles. The molecule has 1 saturated heterocycles. The number of ether oxygens (including phenoxy) is 1. The maximum absolute atomic E-state index is 13.3. The first-order chi connectivity index (χ1) is 18.6. The van der Waals surface area contributed by atoms with Gasteiger partial charge in [-0.1, -0.05) is 17.7 Å². The van der Waals surface area contributed by atoms with Gasteiger partial charge in [-0.2, -0.15) is 0 Å². The molecule has 0 saturated carbocycles. The number of carbonyl (C=O) groups is 1. The number of aromatic nitrogens is 1. The van der Waals surface area contributed by atoms with Gasteiger partial charge in [0.25, 0.3) is 15.9 Å². The molecule has 1 fully saturated rings. The van der Waals surface area contributed by atoms with Gasteiger partial charge in [0.2, 0.25) is 0 Å². The first-order valence-corrected chi connectivity index (χ1v) is 14.9. The van der Waals surface area contributed by atoms with Gasteiger partial charge in [0, 0.05) is 42.1 Å². The highest BCUT2D eigenvalue weighted by molar-refractivity contribution is 7.92. The van der Waals surface area contributed by atoms with Crippen LogP contribution in [0, 0.1) is 13.8 Å². The van der Waals surface area contributed by atoms with Gasteiger partial charge in [0.05, 0.1) is 35.1 Å². The topological polar surface area (TPSA) is 94.7 Å². The molecule has 1 amide bonds. The van der Waals surface area contributed by atoms with Gasteiger partial charge in [-0.05, 0) is 86.8 Å². The van der Waals surface area contributed by atoms with Crippen LogP contribution in [0.5, 0.6) is 0 Å². The lowest BCUT2D eigenvalue weighted by Gasteiger charge is -2.26. The molecule has 8 nitrogen and oxygen atoms in total. The van der Waals surface area contributed by atoms with Crippen molar-refractivity contribution in [2.45, 2.75) is 31.6 Å². The van der Waals surface area contributed by atoms with Crippen LogP contribution >= 0.6 is 11.6 Å². The van der Waals surface area contributed by atoms with E-state index >= 15 is 0 Å². The van der Waals surface area contributed by atoms with Crippen molar-refractivity contribution in [1.82, 2.24) is 9.88 Å². The van der Waals surface area contributed by atoms with Crippen LogP contribution in [0.4, 0.5) is 11.4 Å². The standard InChI is InChI=1S/C29H33ClN4O4S/c1-19-24(8-5-11-34-12-14-38-15-13-34)20(2)31-27(19)18-26-25-17-23(9-10-28(25)33(3)29(26)35)39(36,37)32-22-7-4-6-21(30)16-22/h4,6-7,9-10,16-18,31-32H,5,8,11-15H2,1-3H3/b26-18-. The molecule has 5 rings (SSSR count). The number of nitrogens with one attached hydrogen (secondary N) is 2. The van der Waals surface area contributed by atoms with E-state index in [-0.39, 0.29) is 10.8 Å². The van der Waals surface area contributed by atoms with E-state index in [4.69, 9.17) is 16.3 Å². The summed E-state index contributed by atoms with van der Waals surface area (Å²) in [6.45, 7) is 8.70. The number of rotatable bonds is 8. The highest BCUT2D eigenvalue weighted by atomic mass is 35.5. The van der Waals surface area contributed by atoms with E-state index in [1.807, 2.05) is 6.08 Å². The smallest absolute Gasteiger partial charge is 0.261 e. The van der Waals surface area contributed by atoms with Gasteiger partial charge in [-0.3, -0.25) is 14.4 Å². The highest BCUT2D eigenvalue weighted by Crippen LogP contribution is 2.39. The summed E-state index contributed by atoms with van der Waals surface area (Å²) in [6.07, 6.45) is 3.83. The number of anilines is 2. The molecule has 0 spiro atoms. The molecule has 206 valence electrons. The number of morpholine rings is 1. The van der Waals surface area contributed by atoms with Crippen molar-refractivity contribution in [3.8, 4) is 0 Å². The molecule has 39 heavy (non-hydrogen) atoms. The number of likely N-dealkylation sites (N-methyl/N-ethyl adjacent to an activating group) is 1. The number of fused-ring (bicyclic) bond motifs is 1. The molecule has 2 aromatic carbocycles. The summed E-state index contributed by atoms with van der Waals surface area (Å²) in [7, 11) is -2.20. The van der Waals surface area contributed by atoms with Crippen LogP contribution in [0.2, 0.25) is 5.02 Å². The molecule has 10 heteroatoms. The first-order valence-electron chi connectivity index (χ1n) is 13.0. The van der Waals surface area contributed by atoms with Gasteiger partial charge < -0.3 is 14.6 Å². The van der Waals surface area contributed by atoms with E-state index in [1.54, 1.807) is 48.3 Å². The molecule has 2 N–H and O–H groups in total. The molecule has 3 aromatic rings. The number of sulfonamides is 1. The Morgan fingerprint density at radius 3 is 2.64 bits per heavy atom. The lowest BCUT2D eigenvalue weighted by molar-refractivity contribution is -0.112. The molecular weight excluding hydrogens is 536 g/mol. The third-order valence-corrected chi connectivity index (χ3v) is 9.08. The summed E-state index contributed by atoms with van der Waals surface area (Å²) < 4.78 is 34.3. The Morgan fingerprint density at radius 2 is 1.90 bits per heavy atom. The Bertz CT molecular complexity index is 1540. The molecule has 2 aliphatic heterocycles. The molecule has 0 unspecified atom stereocenters. The lowest BCUT2D eigenvalue weighted by atomic mass is 10.0. The van der Waals surface area contributed by atoms with E-state index < -0.39 is 10.0 Å². The summed E-state index contributed by atoms with van der Waals surface area (Å²) in [5.41, 5.74) is 6.39. The Morgan fingerprint density at radius 1 is 1.13 bits per heavy atom. The number of carbonyl (C=O) groups excluding carboxylic acids is 1. The Balaban J connectivity index is 1.41. The fourth-order valence-corrected chi connectivity index (χ4v) is 6.55. The van der Waals surface area contributed by atoms with Crippen LogP contribution in [0.3, 0.4) is 0 Å². The van der Waals surface area contributed by atoms with Crippen molar-refractivity contribution < 1.29 is 17.9 Å². The van der Waals surface area contributed by atoms with Crippen molar-refractivity contribution in [2.24, 2.45) is 0 Å². The van der Waals surface area contributed by atoms with Crippen molar-refractivity contribution in [1.29, 1.82) is 0 Å². The van der Waals surface area contributed by atoms with Crippen LogP contribution in [-0.4, -0.2) is 64.1 Å². The number of hydrogen-bond acceptors (Lipinski definition) is 5. The van der Waals surface area contributed by atoms with E-state index in [1.165, 1.54) is 11.6 Å². The second kappa shape index (κ2) is 11.2. The zero-order chi connectivity index (χ0) is 27.7. The maximum atomic E-state index is 13.3. The van der Waals surface area contributed by atoms with E-state index in [0.29, 0.717) is 27.5 Å². The number of nitrogens with zero attached hydrogens (tertiary/aromatic N) is 2. The minimum atomic E-state index is -3.90. The van der Waals surface area contributed by atoms with Gasteiger partial charge in [-0.25, -0.2) is 8.42 Å². The minimum absolute atomic E-state index is 0.0680. The quantitative estimate of drug-likeness (QED) is 0.378. The van der Waals surface area contributed by atoms with Crippen molar-refractivity contribution in [2.75, 3.05) is 49.5 Å². The fourth-order valence-electron chi connectivity index (χ4n) is 5.28. The zero-order valence-corrected chi connectivity index (χ0v) is 24.0. The Hall–Kier alpha value is -3.11. The summed E-state index contributed by atoms with van der Waals surface area (Å²) in [5.74, 6) is -0.178. The summed E-state index contributed by atoms with van der Waals surface area (Å²) in [4.78, 5) is 20.8. The molecule has 0 atom stereocenters. The van der Waals surface area contributed by atoms with Crippen molar-refractivity contribution in [3.05, 3.63) is 75.6 Å². The average Bonchev–Trinajstić information content (AvgIpc) is 3.31. The van der Waals surface area contributed by atoms with Crippen LogP contribution in [0.1, 0.15) is 34.5 Å². The van der Waals surface area contributed by atoms with E-state index in [2.05, 4.69) is 28.5 Å².